The standard InChI is InChI=1S/C15H9F4NO3/c16-8-1-3-10(12(18)5-8)15(22)23-7-14(21)20-9-2-4-11(17)13(19)6-9/h1-6H,7H2,(H,20,21). The third-order valence-electron chi connectivity index (χ3n) is 2.69. The maximum absolute atomic E-state index is 13.3. The molecule has 0 unspecified atom stereocenters. The summed E-state index contributed by atoms with van der Waals surface area (Å²) >= 11 is 0. The average Bonchev–Trinajstić information content (AvgIpc) is 2.48. The van der Waals surface area contributed by atoms with Gasteiger partial charge in [0.25, 0.3) is 5.91 Å². The van der Waals surface area contributed by atoms with E-state index in [-0.39, 0.29) is 5.69 Å². The van der Waals surface area contributed by atoms with Crippen LogP contribution in [0.15, 0.2) is 36.4 Å². The number of benzene rings is 2. The highest BCUT2D eigenvalue weighted by Gasteiger charge is 2.15. The molecule has 23 heavy (non-hydrogen) atoms. The zero-order chi connectivity index (χ0) is 17.0. The van der Waals surface area contributed by atoms with Crippen molar-refractivity contribution >= 4 is 17.6 Å². The molecule has 8 heteroatoms. The van der Waals surface area contributed by atoms with Gasteiger partial charge in [-0.2, -0.15) is 0 Å². The molecule has 1 N–H and O–H groups in total. The van der Waals surface area contributed by atoms with Crippen LogP contribution in [-0.4, -0.2) is 18.5 Å². The first-order valence-corrected chi connectivity index (χ1v) is 6.24. The fraction of sp³-hybridized carbons (Fsp3) is 0.0667. The summed E-state index contributed by atoms with van der Waals surface area (Å²) in [7, 11) is 0. The summed E-state index contributed by atoms with van der Waals surface area (Å²) in [4.78, 5) is 23.1. The lowest BCUT2D eigenvalue weighted by atomic mass is 10.2. The number of hydrogen-bond donors (Lipinski definition) is 1. The summed E-state index contributed by atoms with van der Waals surface area (Å²) in [6, 6.07) is 4.90. The summed E-state index contributed by atoms with van der Waals surface area (Å²) in [6.45, 7) is -0.783. The van der Waals surface area contributed by atoms with Crippen molar-refractivity contribution in [1.82, 2.24) is 0 Å². The molecule has 0 heterocycles. The molecule has 120 valence electrons. The first-order chi connectivity index (χ1) is 10.9. The van der Waals surface area contributed by atoms with Gasteiger partial charge in [0.15, 0.2) is 18.2 Å². The van der Waals surface area contributed by atoms with E-state index < -0.39 is 47.3 Å². The number of halogens is 4. The van der Waals surface area contributed by atoms with E-state index in [0.29, 0.717) is 6.07 Å². The fourth-order valence-corrected chi connectivity index (χ4v) is 1.63. The lowest BCUT2D eigenvalue weighted by molar-refractivity contribution is -0.119. The normalized spacial score (nSPS) is 10.3. The van der Waals surface area contributed by atoms with E-state index in [2.05, 4.69) is 10.1 Å². The molecule has 2 aromatic rings. The van der Waals surface area contributed by atoms with Crippen LogP contribution in [0, 0.1) is 23.3 Å². The second-order valence-electron chi connectivity index (χ2n) is 4.38. The number of hydrogen-bond acceptors (Lipinski definition) is 3. The summed E-state index contributed by atoms with van der Waals surface area (Å²) < 4.78 is 56.3. The maximum Gasteiger partial charge on any atom is 0.341 e. The SMILES string of the molecule is O=C(COC(=O)c1ccc(F)cc1F)Nc1ccc(F)c(F)c1. The molecule has 1 amide bonds. The Morgan fingerprint density at radius 2 is 1.65 bits per heavy atom. The van der Waals surface area contributed by atoms with Crippen LogP contribution in [0.25, 0.3) is 0 Å². The monoisotopic (exact) mass is 327 g/mol. The molecule has 0 saturated heterocycles. The highest BCUT2D eigenvalue weighted by atomic mass is 19.2. The molecule has 0 saturated carbocycles. The number of carbonyl (C=O) groups excluding carboxylic acids is 2. The van der Waals surface area contributed by atoms with Crippen molar-refractivity contribution in [3.05, 3.63) is 65.2 Å². The lowest BCUT2D eigenvalue weighted by Crippen LogP contribution is -2.21. The molecule has 0 bridgehead atoms. The number of ether oxygens (including phenoxy) is 1. The molecule has 0 aromatic heterocycles. The van der Waals surface area contributed by atoms with Gasteiger partial charge < -0.3 is 10.1 Å². The topological polar surface area (TPSA) is 55.4 Å². The van der Waals surface area contributed by atoms with Crippen LogP contribution in [0.3, 0.4) is 0 Å². The van der Waals surface area contributed by atoms with Gasteiger partial charge in [0.05, 0.1) is 5.56 Å². The summed E-state index contributed by atoms with van der Waals surface area (Å²) in [5, 5.41) is 2.16. The molecule has 0 aliphatic heterocycles. The van der Waals surface area contributed by atoms with Gasteiger partial charge in [0.2, 0.25) is 0 Å². The Kier molecular flexibility index (Phi) is 4.95. The predicted octanol–water partition coefficient (Wildman–Crippen LogP) is 3.04. The third-order valence-corrected chi connectivity index (χ3v) is 2.69. The Morgan fingerprint density at radius 3 is 2.30 bits per heavy atom. The minimum absolute atomic E-state index is 0.0436. The predicted molar refractivity (Wildman–Crippen MR) is 71.6 cm³/mol. The van der Waals surface area contributed by atoms with E-state index in [1.807, 2.05) is 0 Å². The van der Waals surface area contributed by atoms with Crippen molar-refractivity contribution < 1.29 is 31.9 Å². The zero-order valence-corrected chi connectivity index (χ0v) is 11.4. The molecule has 2 aromatic carbocycles. The Balaban J connectivity index is 1.93. The largest absolute Gasteiger partial charge is 0.452 e. The van der Waals surface area contributed by atoms with Crippen molar-refractivity contribution in [2.75, 3.05) is 11.9 Å². The summed E-state index contributed by atoms with van der Waals surface area (Å²) in [5.41, 5.74) is -0.579. The fourth-order valence-electron chi connectivity index (χ4n) is 1.63. The van der Waals surface area contributed by atoms with E-state index in [9.17, 15) is 27.2 Å². The van der Waals surface area contributed by atoms with Gasteiger partial charge in [-0.3, -0.25) is 4.79 Å². The highest BCUT2D eigenvalue weighted by molar-refractivity contribution is 5.95. The van der Waals surface area contributed by atoms with Gasteiger partial charge in [-0.1, -0.05) is 0 Å². The smallest absolute Gasteiger partial charge is 0.341 e. The van der Waals surface area contributed by atoms with E-state index in [1.54, 1.807) is 0 Å². The zero-order valence-electron chi connectivity index (χ0n) is 11.4. The van der Waals surface area contributed by atoms with Crippen LogP contribution in [0.5, 0.6) is 0 Å². The number of amides is 1. The molecule has 0 radical (unpaired) electrons. The number of esters is 1. The van der Waals surface area contributed by atoms with Gasteiger partial charge in [-0.05, 0) is 24.3 Å². The summed E-state index contributed by atoms with van der Waals surface area (Å²) in [6.07, 6.45) is 0. The van der Waals surface area contributed by atoms with E-state index >= 15 is 0 Å². The second kappa shape index (κ2) is 6.91. The van der Waals surface area contributed by atoms with Crippen LogP contribution >= 0.6 is 0 Å². The molecule has 0 aliphatic carbocycles. The maximum atomic E-state index is 13.3. The van der Waals surface area contributed by atoms with E-state index in [4.69, 9.17) is 0 Å². The van der Waals surface area contributed by atoms with Crippen LogP contribution < -0.4 is 5.32 Å². The van der Waals surface area contributed by atoms with Gasteiger partial charge >= 0.3 is 5.97 Å². The van der Waals surface area contributed by atoms with Crippen LogP contribution in [0.4, 0.5) is 23.2 Å². The molecular formula is C15H9F4NO3. The Labute approximate surface area is 127 Å². The quantitative estimate of drug-likeness (QED) is 0.694. The summed E-state index contributed by atoms with van der Waals surface area (Å²) in [5.74, 6) is -6.24. The van der Waals surface area contributed by atoms with Gasteiger partial charge in [0, 0.05) is 17.8 Å². The highest BCUT2D eigenvalue weighted by Crippen LogP contribution is 2.13. The second-order valence-corrected chi connectivity index (χ2v) is 4.38. The first-order valence-electron chi connectivity index (χ1n) is 6.24. The molecular weight excluding hydrogens is 318 g/mol. The third kappa shape index (κ3) is 4.29. The van der Waals surface area contributed by atoms with Crippen LogP contribution in [0.2, 0.25) is 0 Å². The number of nitrogens with one attached hydrogen (secondary N) is 1. The van der Waals surface area contributed by atoms with Crippen LogP contribution in [0.1, 0.15) is 10.4 Å². The van der Waals surface area contributed by atoms with Crippen molar-refractivity contribution in [2.45, 2.75) is 0 Å². The average molecular weight is 327 g/mol. The van der Waals surface area contributed by atoms with Gasteiger partial charge in [0.1, 0.15) is 11.6 Å². The van der Waals surface area contributed by atoms with E-state index in [0.717, 1.165) is 30.3 Å². The minimum Gasteiger partial charge on any atom is -0.452 e. The Bertz CT molecular complexity index is 764. The lowest BCUT2D eigenvalue weighted by Gasteiger charge is -2.07. The van der Waals surface area contributed by atoms with Gasteiger partial charge in [-0.15, -0.1) is 0 Å². The van der Waals surface area contributed by atoms with Crippen molar-refractivity contribution in [2.24, 2.45) is 0 Å². The molecule has 0 fully saturated rings. The molecule has 4 nitrogen and oxygen atoms in total. The van der Waals surface area contributed by atoms with E-state index in [1.165, 1.54) is 0 Å². The molecule has 0 atom stereocenters. The van der Waals surface area contributed by atoms with Crippen molar-refractivity contribution in [3.63, 3.8) is 0 Å². The van der Waals surface area contributed by atoms with Gasteiger partial charge in [-0.25, -0.2) is 22.4 Å². The van der Waals surface area contributed by atoms with Crippen LogP contribution in [-0.2, 0) is 9.53 Å². The number of carbonyl (C=O) groups is 2. The minimum atomic E-state index is -1.16. The Hall–Kier alpha value is -2.90. The molecule has 0 aliphatic rings. The number of anilines is 1. The van der Waals surface area contributed by atoms with Crippen molar-refractivity contribution in [3.8, 4) is 0 Å². The first kappa shape index (κ1) is 16.5. The molecule has 2 rings (SSSR count). The Morgan fingerprint density at radius 1 is 0.913 bits per heavy atom. The molecule has 0 spiro atoms. The number of rotatable bonds is 4. The van der Waals surface area contributed by atoms with Crippen molar-refractivity contribution in [1.29, 1.82) is 0 Å².